The number of hydrogen-bond donors (Lipinski definition) is 0. The number of aryl methyl sites for hydroxylation is 11. The van der Waals surface area contributed by atoms with Crippen LogP contribution in [0.2, 0.25) is 0 Å². The first-order chi connectivity index (χ1) is 73.0. The Kier molecular flexibility index (Phi) is 67.8. The van der Waals surface area contributed by atoms with Crippen molar-refractivity contribution in [3.8, 4) is 50.8 Å². The number of aromatic nitrogens is 8. The van der Waals surface area contributed by atoms with E-state index < -0.39 is 0 Å². The third kappa shape index (κ3) is 31.8. The smallest absolute Gasteiger partial charge is 0.358 e. The molecule has 0 amide bonds. The lowest BCUT2D eigenvalue weighted by molar-refractivity contribution is -0.744. The summed E-state index contributed by atoms with van der Waals surface area (Å²) < 4.78 is 17.7. The molecule has 0 saturated heterocycles. The van der Waals surface area contributed by atoms with E-state index in [1.165, 1.54) is 173 Å². The highest BCUT2D eigenvalue weighted by molar-refractivity contribution is 6.11. The first-order valence-corrected chi connectivity index (χ1v) is 57.0. The van der Waals surface area contributed by atoms with Crippen molar-refractivity contribution in [1.82, 2.24) is 28.3 Å². The van der Waals surface area contributed by atoms with Gasteiger partial charge < -0.3 is 9.80 Å². The number of para-hydroxylation sites is 7. The molecule has 0 fully saturated rings. The van der Waals surface area contributed by atoms with Gasteiger partial charge in [0, 0.05) is 88.8 Å². The third-order valence-corrected chi connectivity index (χ3v) is 23.8. The molecule has 12 nitrogen and oxygen atoms in total. The van der Waals surface area contributed by atoms with Gasteiger partial charge in [-0.1, -0.05) is 454 Å². The first-order valence-electron chi connectivity index (χ1n) is 57.0. The number of nitrogens with zero attached hydrogens (tertiary/aromatic N) is 12. The number of likely N-dealkylation sites (N-methyl/N-ethyl adjacent to an activating group) is 1. The standard InChI is InChI=1S/C20H18N.C19H17N2.C18H18N3.C18H18N2.C17H16N2.C11H13N2.17C2H6/c1-14-8-3-4-9-15(14)19-17-11-6-5-10-16(17)18-12-7-13-21(2)20(18)19;1-14-8-7-10-16-15-9-3-4-11-17(15)21(19(14)16)18-12-5-6-13-20(18)2;1-13-7-6-9-15-14-8-4-5-10-16(14)21(17(13)15)18-19(2)11-12-20(18)3;1-12-7-6-10-16-14-8-4-5-9-15(14)17-11-19(3)13(2)20(17)18(12)16;1-12-6-5-9-15-13-7-3-4-8-14(13)16-10-11-18(2)19(16)17(12)15;1-10-6-3-4-7-11(10)13-9-5-8-12(13)2;17*1-2/h3-13,19H,1-2H3;3-13H,1-2H3;4-12H,1-3H3;4-11,13H,1-3H3;3-10H,11H2,1-2H3;3-9H,1-2H3;17*1-2H3/q3*+1;;;+1;;;;;;;;;;;;;;;;;/t;;;13-;;;;;;;;;;;;;;;;;;;/m...0.................../s1. The first kappa shape index (κ1) is 136. The summed E-state index contributed by atoms with van der Waals surface area (Å²) in [6.07, 6.45) is 17.5. The maximum atomic E-state index is 2.47. The summed E-state index contributed by atoms with van der Waals surface area (Å²) in [5.41, 5.74) is 34.5. The Hall–Kier alpha value is -13.4. The molecule has 0 radical (unpaired) electrons. The number of anilines is 2. The highest BCUT2D eigenvalue weighted by Crippen LogP contribution is 2.52. The minimum atomic E-state index is 0.337. The van der Waals surface area contributed by atoms with Crippen LogP contribution in [-0.4, -0.2) is 55.1 Å². The van der Waals surface area contributed by atoms with Crippen molar-refractivity contribution in [3.63, 3.8) is 0 Å². The Morgan fingerprint density at radius 3 is 1.15 bits per heavy atom. The van der Waals surface area contributed by atoms with Crippen LogP contribution in [0, 0.1) is 41.5 Å². The van der Waals surface area contributed by atoms with Gasteiger partial charge in [0.15, 0.2) is 19.4 Å². The van der Waals surface area contributed by atoms with Gasteiger partial charge in [-0.2, -0.15) is 9.13 Å². The zero-order valence-corrected chi connectivity index (χ0v) is 102. The molecule has 10 heterocycles. The molecule has 17 aromatic rings. The Morgan fingerprint density at radius 2 is 0.664 bits per heavy atom. The summed E-state index contributed by atoms with van der Waals surface area (Å²) in [6.45, 7) is 84.3. The lowest BCUT2D eigenvalue weighted by Crippen LogP contribution is -2.36. The minimum absolute atomic E-state index is 0.337. The number of rotatable bonds is 4. The largest absolute Gasteiger partial charge is 0.369 e. The number of hydrogen-bond acceptors (Lipinski definition) is 4. The third-order valence-electron chi connectivity index (χ3n) is 23.8. The Labute approximate surface area is 909 Å². The molecule has 4 aliphatic heterocycles. The Bertz CT molecular complexity index is 6640. The second kappa shape index (κ2) is 74.5. The van der Waals surface area contributed by atoms with Gasteiger partial charge in [-0.3, -0.25) is 5.01 Å². The van der Waals surface area contributed by atoms with Crippen molar-refractivity contribution in [1.29, 1.82) is 0 Å². The van der Waals surface area contributed by atoms with Gasteiger partial charge >= 0.3 is 5.95 Å². The van der Waals surface area contributed by atoms with Gasteiger partial charge in [-0.05, 0) is 158 Å². The summed E-state index contributed by atoms with van der Waals surface area (Å²) in [4.78, 5) is 4.75. The molecule has 1 unspecified atom stereocenters. The van der Waals surface area contributed by atoms with Gasteiger partial charge in [-0.25, -0.2) is 23.3 Å². The Balaban J connectivity index is 0.00000167. The van der Waals surface area contributed by atoms with Crippen LogP contribution in [0.3, 0.4) is 0 Å². The van der Waals surface area contributed by atoms with Crippen LogP contribution in [-0.2, 0) is 35.2 Å². The van der Waals surface area contributed by atoms with Crippen molar-refractivity contribution >= 4 is 66.4 Å². The van der Waals surface area contributed by atoms with Crippen molar-refractivity contribution in [2.24, 2.45) is 35.2 Å². The molecule has 1 aliphatic carbocycles. The molecule has 0 bridgehead atoms. The molecule has 11 aromatic carbocycles. The van der Waals surface area contributed by atoms with Crippen molar-refractivity contribution < 1.29 is 18.4 Å². The zero-order valence-electron chi connectivity index (χ0n) is 102. The van der Waals surface area contributed by atoms with Gasteiger partial charge in [0.2, 0.25) is 5.69 Å². The normalized spacial score (nSPS) is 11.7. The fourth-order valence-corrected chi connectivity index (χ4v) is 18.1. The van der Waals surface area contributed by atoms with Crippen molar-refractivity contribution in [2.45, 2.75) is 296 Å². The van der Waals surface area contributed by atoms with Crippen LogP contribution in [0.5, 0.6) is 0 Å². The molecule has 149 heavy (non-hydrogen) atoms. The molecular weight excluding hydrogens is 1810 g/mol. The molecule has 6 aromatic heterocycles. The average Bonchev–Trinajstić information content (AvgIpc) is 1.68. The van der Waals surface area contributed by atoms with Gasteiger partial charge in [0.1, 0.15) is 41.0 Å². The molecular formula is C137H202N12+4. The predicted octanol–water partition coefficient (Wildman–Crippen LogP) is 38.0. The van der Waals surface area contributed by atoms with E-state index in [1.54, 1.807) is 0 Å². The lowest BCUT2D eigenvalue weighted by Gasteiger charge is -2.37. The Morgan fingerprint density at radius 1 is 0.282 bits per heavy atom. The SMILES string of the molecule is CC.CC.CC.CC.CC.CC.CC.CC.CC.CC.CC.CC.CC.CC.CC.CC.CC.Cc1cccc2c1N1C(=CCN1C)c1ccccc1-2.Cc1cccc2c1N1C(=CN(C)[C@@H]1C)c1ccccc1-2.Cc1cccc2c3ccccc3n(-c3cccc[n+]3C)c12.Cc1cccc2c3ccccc3n(-c3n(C)cc[n+]3C)c12.Cc1ccccc1-n1ccc[n+]1C.Cc1ccccc1C1c2ccccc2-c2ccc[n+](C)c21. The van der Waals surface area contributed by atoms with Crippen LogP contribution < -0.4 is 28.3 Å². The summed E-state index contributed by atoms with van der Waals surface area (Å²) in [5.74, 6) is 2.68. The van der Waals surface area contributed by atoms with E-state index >= 15 is 0 Å². The second-order valence-corrected chi connectivity index (χ2v) is 31.1. The van der Waals surface area contributed by atoms with Crippen LogP contribution in [0.1, 0.15) is 310 Å². The molecule has 0 saturated carbocycles. The summed E-state index contributed by atoms with van der Waals surface area (Å²) in [6, 6.07) is 99.5. The molecule has 12 heteroatoms. The van der Waals surface area contributed by atoms with E-state index in [4.69, 9.17) is 0 Å². The highest BCUT2D eigenvalue weighted by Gasteiger charge is 2.39. The maximum absolute atomic E-state index is 2.47. The minimum Gasteiger partial charge on any atom is -0.358 e. The quantitative estimate of drug-likeness (QED) is 0.165. The topological polar surface area (TPSA) is 48.2 Å². The van der Waals surface area contributed by atoms with Gasteiger partial charge in [-0.15, -0.1) is 9.36 Å². The van der Waals surface area contributed by atoms with Crippen LogP contribution >= 0.6 is 0 Å². The molecule has 0 N–H and O–H groups in total. The molecule has 0 spiro atoms. The summed E-state index contributed by atoms with van der Waals surface area (Å²) in [5, 5.41) is 9.86. The number of imidazole rings is 1. The number of pyridine rings is 2. The number of hydrazine groups is 1. The molecule has 22 rings (SSSR count). The van der Waals surface area contributed by atoms with Gasteiger partial charge in [0.25, 0.3) is 5.82 Å². The monoisotopic (exact) mass is 2020 g/mol. The number of benzene rings is 11. The van der Waals surface area contributed by atoms with E-state index in [0.29, 0.717) is 12.1 Å². The zero-order chi connectivity index (χ0) is 113. The van der Waals surface area contributed by atoms with Crippen molar-refractivity contribution in [3.05, 3.63) is 390 Å². The fourth-order valence-electron chi connectivity index (χ4n) is 18.1. The molecule has 5 aliphatic rings. The van der Waals surface area contributed by atoms with E-state index in [1.807, 2.05) is 255 Å². The van der Waals surface area contributed by atoms with Gasteiger partial charge in [0.05, 0.1) is 80.2 Å². The highest BCUT2D eigenvalue weighted by atomic mass is 15.6. The average molecular weight is 2020 g/mol. The predicted molar refractivity (Wildman–Crippen MR) is 666 cm³/mol. The molecule has 2 atom stereocenters. The summed E-state index contributed by atoms with van der Waals surface area (Å²) in [7, 11) is 14.8. The van der Waals surface area contributed by atoms with E-state index in [2.05, 4.69) is 464 Å². The van der Waals surface area contributed by atoms with E-state index in [9.17, 15) is 0 Å². The summed E-state index contributed by atoms with van der Waals surface area (Å²) >= 11 is 0. The maximum Gasteiger partial charge on any atom is 0.369 e. The van der Waals surface area contributed by atoms with E-state index in [0.717, 1.165) is 12.5 Å². The lowest BCUT2D eigenvalue weighted by atomic mass is 9.89. The van der Waals surface area contributed by atoms with Crippen LogP contribution in [0.15, 0.2) is 329 Å². The van der Waals surface area contributed by atoms with Crippen LogP contribution in [0.4, 0.5) is 11.4 Å². The fraction of sp³-hybridized carbons (Fsp3) is 0.372. The second-order valence-electron chi connectivity index (χ2n) is 31.1. The van der Waals surface area contributed by atoms with E-state index in [-0.39, 0.29) is 0 Å². The van der Waals surface area contributed by atoms with Crippen LogP contribution in [0.25, 0.3) is 106 Å². The number of fused-ring (bicyclic) bond motifs is 21. The van der Waals surface area contributed by atoms with Crippen molar-refractivity contribution in [2.75, 3.05) is 30.5 Å². The molecule has 806 valence electrons.